The van der Waals surface area contributed by atoms with Crippen molar-refractivity contribution < 1.29 is 14.3 Å². The molecule has 0 radical (unpaired) electrons. The maximum absolute atomic E-state index is 13.8. The van der Waals surface area contributed by atoms with Gasteiger partial charge in [0, 0.05) is 50.5 Å². The van der Waals surface area contributed by atoms with E-state index in [1.54, 1.807) is 14.0 Å². The molecule has 0 aliphatic carbocycles. The lowest BCUT2D eigenvalue weighted by atomic mass is 10.0. The fourth-order valence-corrected chi connectivity index (χ4v) is 5.62. The first-order valence-corrected chi connectivity index (χ1v) is 13.4. The van der Waals surface area contributed by atoms with Gasteiger partial charge in [0.1, 0.15) is 5.75 Å². The second kappa shape index (κ2) is 11.7. The zero-order valence-corrected chi connectivity index (χ0v) is 22.2. The van der Waals surface area contributed by atoms with Crippen LogP contribution in [0.2, 0.25) is 0 Å². The molecule has 2 aliphatic rings. The van der Waals surface area contributed by atoms with Gasteiger partial charge in [-0.25, -0.2) is 4.79 Å². The Balaban J connectivity index is 1.34. The van der Waals surface area contributed by atoms with Gasteiger partial charge >= 0.3 is 6.03 Å². The fraction of sp³-hybridized carbons (Fsp3) is 0.355. The van der Waals surface area contributed by atoms with Gasteiger partial charge in [-0.2, -0.15) is 0 Å². The zero-order chi connectivity index (χ0) is 26.5. The molecule has 0 aromatic heterocycles. The predicted molar refractivity (Wildman–Crippen MR) is 152 cm³/mol. The third kappa shape index (κ3) is 5.68. The number of urea groups is 1. The summed E-state index contributed by atoms with van der Waals surface area (Å²) < 4.78 is 5.47. The summed E-state index contributed by atoms with van der Waals surface area (Å²) in [5.74, 6) is 0.674. The van der Waals surface area contributed by atoms with E-state index in [0.29, 0.717) is 18.0 Å². The van der Waals surface area contributed by atoms with Gasteiger partial charge in [-0.1, -0.05) is 42.5 Å². The van der Waals surface area contributed by atoms with Gasteiger partial charge in [0.25, 0.3) is 0 Å². The molecular formula is C31H36N4O3. The number of hydrogen-bond acceptors (Lipinski definition) is 4. The Labute approximate surface area is 225 Å². The number of amides is 3. The number of para-hydroxylation sites is 2. The first-order chi connectivity index (χ1) is 18.5. The third-order valence-electron chi connectivity index (χ3n) is 7.67. The topological polar surface area (TPSA) is 65.1 Å². The quantitative estimate of drug-likeness (QED) is 0.464. The number of ether oxygens (including phenoxy) is 1. The van der Waals surface area contributed by atoms with E-state index in [1.165, 1.54) is 5.56 Å². The van der Waals surface area contributed by atoms with E-state index in [2.05, 4.69) is 46.6 Å². The van der Waals surface area contributed by atoms with Gasteiger partial charge < -0.3 is 19.9 Å². The average molecular weight is 513 g/mol. The number of benzene rings is 3. The number of nitrogens with one attached hydrogen (secondary N) is 1. The van der Waals surface area contributed by atoms with Crippen molar-refractivity contribution in [1.29, 1.82) is 0 Å². The van der Waals surface area contributed by atoms with E-state index in [0.717, 1.165) is 62.3 Å². The molecule has 1 saturated heterocycles. The molecule has 0 spiro atoms. The number of carbonyl (C=O) groups is 2. The highest BCUT2D eigenvalue weighted by molar-refractivity contribution is 6.03. The van der Waals surface area contributed by atoms with Crippen LogP contribution in [-0.4, -0.2) is 56.2 Å². The molecule has 1 fully saturated rings. The van der Waals surface area contributed by atoms with Crippen LogP contribution < -0.4 is 19.9 Å². The molecule has 3 amide bonds. The molecular weight excluding hydrogens is 476 g/mol. The lowest BCUT2D eigenvalue weighted by Gasteiger charge is -2.38. The van der Waals surface area contributed by atoms with Crippen LogP contribution in [0, 0.1) is 0 Å². The Bertz CT molecular complexity index is 1270. The van der Waals surface area contributed by atoms with Gasteiger partial charge in [-0.15, -0.1) is 0 Å². The lowest BCUT2D eigenvalue weighted by molar-refractivity contribution is -0.116. The molecule has 3 aromatic rings. The van der Waals surface area contributed by atoms with Gasteiger partial charge in [0.05, 0.1) is 12.8 Å². The SMILES string of the molecule is COc1ccccc1NC(=O)N(c1ccc2c(c1)CCN2C(C)=O)C1CCN(CCc2ccccc2)CC1. The normalized spacial score (nSPS) is 15.7. The summed E-state index contributed by atoms with van der Waals surface area (Å²) in [6, 6.07) is 24.0. The van der Waals surface area contributed by atoms with Crippen molar-refractivity contribution in [2.24, 2.45) is 0 Å². The van der Waals surface area contributed by atoms with Crippen LogP contribution in [0.25, 0.3) is 0 Å². The Morgan fingerprint density at radius 3 is 2.45 bits per heavy atom. The highest BCUT2D eigenvalue weighted by Gasteiger charge is 2.31. The summed E-state index contributed by atoms with van der Waals surface area (Å²) >= 11 is 0. The van der Waals surface area contributed by atoms with Crippen LogP contribution >= 0.6 is 0 Å². The van der Waals surface area contributed by atoms with Gasteiger partial charge in [0.2, 0.25) is 5.91 Å². The predicted octanol–water partition coefficient (Wildman–Crippen LogP) is 5.35. The number of anilines is 3. The molecule has 0 atom stereocenters. The molecule has 7 heteroatoms. The van der Waals surface area contributed by atoms with Gasteiger partial charge in [-0.05, 0) is 67.1 Å². The molecule has 0 unspecified atom stereocenters. The van der Waals surface area contributed by atoms with E-state index < -0.39 is 0 Å². The minimum absolute atomic E-state index is 0.0464. The van der Waals surface area contributed by atoms with E-state index in [1.807, 2.05) is 46.2 Å². The van der Waals surface area contributed by atoms with Crippen molar-refractivity contribution in [1.82, 2.24) is 4.90 Å². The van der Waals surface area contributed by atoms with Crippen LogP contribution in [0.4, 0.5) is 21.9 Å². The summed E-state index contributed by atoms with van der Waals surface area (Å²) in [6.07, 6.45) is 3.61. The van der Waals surface area contributed by atoms with Crippen LogP contribution in [0.1, 0.15) is 30.9 Å². The van der Waals surface area contributed by atoms with Crippen molar-refractivity contribution in [3.8, 4) is 5.75 Å². The van der Waals surface area contributed by atoms with E-state index >= 15 is 0 Å². The van der Waals surface area contributed by atoms with Crippen molar-refractivity contribution in [3.63, 3.8) is 0 Å². The van der Waals surface area contributed by atoms with E-state index in [9.17, 15) is 9.59 Å². The molecule has 38 heavy (non-hydrogen) atoms. The summed E-state index contributed by atoms with van der Waals surface area (Å²) in [5.41, 5.74) is 4.92. The maximum Gasteiger partial charge on any atom is 0.326 e. The second-order valence-electron chi connectivity index (χ2n) is 10.0. The lowest BCUT2D eigenvalue weighted by Crippen LogP contribution is -2.49. The second-order valence-corrected chi connectivity index (χ2v) is 10.0. The Kier molecular flexibility index (Phi) is 7.94. The number of carbonyl (C=O) groups excluding carboxylic acids is 2. The first kappa shape index (κ1) is 25.8. The van der Waals surface area contributed by atoms with Crippen molar-refractivity contribution >= 4 is 29.0 Å². The van der Waals surface area contributed by atoms with Gasteiger partial charge in [0.15, 0.2) is 0 Å². The Morgan fingerprint density at radius 2 is 1.71 bits per heavy atom. The first-order valence-electron chi connectivity index (χ1n) is 13.4. The molecule has 7 nitrogen and oxygen atoms in total. The van der Waals surface area contributed by atoms with Crippen LogP contribution in [-0.2, 0) is 17.6 Å². The summed E-state index contributed by atoms with van der Waals surface area (Å²) in [7, 11) is 1.61. The Hall–Kier alpha value is -3.84. The van der Waals surface area contributed by atoms with Crippen LogP contribution in [0.15, 0.2) is 72.8 Å². The van der Waals surface area contributed by atoms with Crippen LogP contribution in [0.3, 0.4) is 0 Å². The van der Waals surface area contributed by atoms with E-state index in [-0.39, 0.29) is 18.0 Å². The van der Waals surface area contributed by atoms with Crippen molar-refractivity contribution in [2.75, 3.05) is 48.4 Å². The number of methoxy groups -OCH3 is 1. The summed E-state index contributed by atoms with van der Waals surface area (Å²) in [5, 5.41) is 3.09. The molecule has 198 valence electrons. The fourth-order valence-electron chi connectivity index (χ4n) is 5.62. The largest absolute Gasteiger partial charge is 0.495 e. The smallest absolute Gasteiger partial charge is 0.326 e. The molecule has 3 aromatic carbocycles. The van der Waals surface area contributed by atoms with Gasteiger partial charge in [-0.3, -0.25) is 9.69 Å². The number of rotatable bonds is 7. The highest BCUT2D eigenvalue weighted by Crippen LogP contribution is 2.34. The number of likely N-dealkylation sites (tertiary alicyclic amines) is 1. The number of piperidine rings is 1. The highest BCUT2D eigenvalue weighted by atomic mass is 16.5. The third-order valence-corrected chi connectivity index (χ3v) is 7.67. The molecule has 5 rings (SSSR count). The monoisotopic (exact) mass is 512 g/mol. The molecule has 2 aliphatic heterocycles. The Morgan fingerprint density at radius 1 is 0.974 bits per heavy atom. The van der Waals surface area contributed by atoms with Crippen molar-refractivity contribution in [3.05, 3.63) is 83.9 Å². The number of fused-ring (bicyclic) bond motifs is 1. The molecule has 2 heterocycles. The maximum atomic E-state index is 13.8. The minimum atomic E-state index is -0.168. The summed E-state index contributed by atoms with van der Waals surface area (Å²) in [6.45, 7) is 5.19. The minimum Gasteiger partial charge on any atom is -0.495 e. The van der Waals surface area contributed by atoms with Crippen molar-refractivity contribution in [2.45, 2.75) is 38.6 Å². The number of hydrogen-bond donors (Lipinski definition) is 1. The average Bonchev–Trinajstić information content (AvgIpc) is 3.37. The zero-order valence-electron chi connectivity index (χ0n) is 22.2. The summed E-state index contributed by atoms with van der Waals surface area (Å²) in [4.78, 5) is 32.1. The molecule has 0 saturated carbocycles. The number of nitrogens with zero attached hydrogens (tertiary/aromatic N) is 3. The van der Waals surface area contributed by atoms with E-state index in [4.69, 9.17) is 4.74 Å². The standard InChI is InChI=1S/C31H36N4O3/c1-23(36)34-21-15-25-22-27(12-13-29(25)34)35(31(37)32-28-10-6-7-11-30(28)38-2)26-16-19-33(20-17-26)18-14-24-8-4-3-5-9-24/h3-13,22,26H,14-21H2,1-2H3,(H,32,37). The molecule has 0 bridgehead atoms. The molecule has 1 N–H and O–H groups in total. The van der Waals surface area contributed by atoms with Crippen LogP contribution in [0.5, 0.6) is 5.75 Å².